The Morgan fingerprint density at radius 2 is 1.70 bits per heavy atom. The number of aromatic nitrogens is 2. The molecule has 2 aromatic rings. The molecule has 122 valence electrons. The number of hydrogen-bond donors (Lipinski definition) is 0. The fourth-order valence-corrected chi connectivity index (χ4v) is 2.89. The molecule has 3 rings (SSSR count). The highest BCUT2D eigenvalue weighted by Crippen LogP contribution is 2.17. The summed E-state index contributed by atoms with van der Waals surface area (Å²) in [4.78, 5) is 6.80. The molecule has 2 heterocycles. The van der Waals surface area contributed by atoms with Crippen LogP contribution >= 0.6 is 0 Å². The molecule has 0 aliphatic carbocycles. The molecular weight excluding hydrogens is 286 g/mol. The molecule has 0 saturated carbocycles. The molecule has 23 heavy (non-hydrogen) atoms. The van der Waals surface area contributed by atoms with Crippen LogP contribution in [-0.2, 0) is 6.54 Å². The Morgan fingerprint density at radius 3 is 2.30 bits per heavy atom. The summed E-state index contributed by atoms with van der Waals surface area (Å²) < 4.78 is 0. The molecule has 0 atom stereocenters. The van der Waals surface area contributed by atoms with Crippen molar-refractivity contribution in [3.05, 3.63) is 47.5 Å². The van der Waals surface area contributed by atoms with E-state index in [9.17, 15) is 0 Å². The van der Waals surface area contributed by atoms with E-state index in [1.807, 2.05) is 25.1 Å². The Hall–Kier alpha value is -2.14. The monoisotopic (exact) mass is 311 g/mol. The lowest BCUT2D eigenvalue weighted by Gasteiger charge is -2.35. The second kappa shape index (κ2) is 6.96. The standard InChI is InChI=1S/C18H25N5/c1-15-6-4-5-7-16(15)14-22-10-12-23(13-11-22)18-9-8-17(19-20-18)21(2)3/h4-9H,10-14H2,1-3H3. The molecule has 0 amide bonds. The SMILES string of the molecule is Cc1ccccc1CN1CCN(c2ccc(N(C)C)nn2)CC1. The molecular formula is C18H25N5. The van der Waals surface area contributed by atoms with Crippen molar-refractivity contribution < 1.29 is 0 Å². The van der Waals surface area contributed by atoms with Crippen LogP contribution in [0.4, 0.5) is 11.6 Å². The molecule has 0 spiro atoms. The Balaban J connectivity index is 1.57. The zero-order valence-corrected chi connectivity index (χ0v) is 14.2. The molecule has 1 aromatic heterocycles. The van der Waals surface area contributed by atoms with Gasteiger partial charge in [-0.3, -0.25) is 4.90 Å². The van der Waals surface area contributed by atoms with E-state index in [1.54, 1.807) is 0 Å². The molecule has 5 nitrogen and oxygen atoms in total. The van der Waals surface area contributed by atoms with Gasteiger partial charge in [0.2, 0.25) is 0 Å². The highest BCUT2D eigenvalue weighted by atomic mass is 15.3. The van der Waals surface area contributed by atoms with Crippen LogP contribution in [-0.4, -0.2) is 55.4 Å². The smallest absolute Gasteiger partial charge is 0.151 e. The van der Waals surface area contributed by atoms with E-state index in [-0.39, 0.29) is 0 Å². The van der Waals surface area contributed by atoms with Crippen LogP contribution in [0.15, 0.2) is 36.4 Å². The van der Waals surface area contributed by atoms with Gasteiger partial charge >= 0.3 is 0 Å². The second-order valence-corrected chi connectivity index (χ2v) is 6.33. The van der Waals surface area contributed by atoms with Crippen LogP contribution in [0.1, 0.15) is 11.1 Å². The molecule has 1 aromatic carbocycles. The molecule has 1 fully saturated rings. The first-order chi connectivity index (χ1) is 11.1. The second-order valence-electron chi connectivity index (χ2n) is 6.33. The quantitative estimate of drug-likeness (QED) is 0.865. The number of rotatable bonds is 4. The summed E-state index contributed by atoms with van der Waals surface area (Å²) in [6.07, 6.45) is 0. The predicted octanol–water partition coefficient (Wildman–Crippen LogP) is 2.17. The Morgan fingerprint density at radius 1 is 0.957 bits per heavy atom. The van der Waals surface area contributed by atoms with Gasteiger partial charge in [0.15, 0.2) is 11.6 Å². The average molecular weight is 311 g/mol. The van der Waals surface area contributed by atoms with Crippen molar-refractivity contribution in [3.8, 4) is 0 Å². The summed E-state index contributed by atoms with van der Waals surface area (Å²) in [5, 5.41) is 8.63. The van der Waals surface area contributed by atoms with E-state index < -0.39 is 0 Å². The van der Waals surface area contributed by atoms with Crippen molar-refractivity contribution in [2.24, 2.45) is 0 Å². The van der Waals surface area contributed by atoms with E-state index in [0.717, 1.165) is 44.4 Å². The van der Waals surface area contributed by atoms with Crippen LogP contribution < -0.4 is 9.80 Å². The highest BCUT2D eigenvalue weighted by Gasteiger charge is 2.18. The van der Waals surface area contributed by atoms with E-state index in [4.69, 9.17) is 0 Å². The number of benzene rings is 1. The van der Waals surface area contributed by atoms with Crippen LogP contribution in [0.5, 0.6) is 0 Å². The van der Waals surface area contributed by atoms with E-state index in [0.29, 0.717) is 0 Å². The Labute approximate surface area is 138 Å². The van der Waals surface area contributed by atoms with Crippen LogP contribution in [0.3, 0.4) is 0 Å². The minimum Gasteiger partial charge on any atom is -0.361 e. The topological polar surface area (TPSA) is 35.5 Å². The number of hydrogen-bond acceptors (Lipinski definition) is 5. The van der Waals surface area contributed by atoms with Gasteiger partial charge < -0.3 is 9.80 Å². The van der Waals surface area contributed by atoms with Gasteiger partial charge in [0.05, 0.1) is 0 Å². The Kier molecular flexibility index (Phi) is 4.76. The van der Waals surface area contributed by atoms with Crippen LogP contribution in [0.2, 0.25) is 0 Å². The lowest BCUT2D eigenvalue weighted by Crippen LogP contribution is -2.46. The maximum atomic E-state index is 4.36. The summed E-state index contributed by atoms with van der Waals surface area (Å²) in [5.74, 6) is 1.87. The molecule has 1 saturated heterocycles. The van der Waals surface area contributed by atoms with Gasteiger partial charge in [0, 0.05) is 46.8 Å². The number of nitrogens with zero attached hydrogens (tertiary/aromatic N) is 5. The lowest BCUT2D eigenvalue weighted by atomic mass is 10.1. The van der Waals surface area contributed by atoms with Gasteiger partial charge in [-0.05, 0) is 30.2 Å². The first-order valence-electron chi connectivity index (χ1n) is 8.16. The Bertz CT molecular complexity index is 630. The van der Waals surface area contributed by atoms with Gasteiger partial charge in [-0.1, -0.05) is 24.3 Å². The largest absolute Gasteiger partial charge is 0.361 e. The summed E-state index contributed by atoms with van der Waals surface area (Å²) >= 11 is 0. The maximum Gasteiger partial charge on any atom is 0.151 e. The third-order valence-corrected chi connectivity index (χ3v) is 4.45. The average Bonchev–Trinajstić information content (AvgIpc) is 2.58. The summed E-state index contributed by atoms with van der Waals surface area (Å²) in [5.41, 5.74) is 2.80. The summed E-state index contributed by atoms with van der Waals surface area (Å²) in [7, 11) is 3.96. The van der Waals surface area contributed by atoms with E-state index >= 15 is 0 Å². The third-order valence-electron chi connectivity index (χ3n) is 4.45. The summed E-state index contributed by atoms with van der Waals surface area (Å²) in [6, 6.07) is 12.7. The van der Waals surface area contributed by atoms with Gasteiger partial charge in [-0.2, -0.15) is 0 Å². The molecule has 0 bridgehead atoms. The van der Waals surface area contributed by atoms with Crippen molar-refractivity contribution in [1.82, 2.24) is 15.1 Å². The number of piperazine rings is 1. The van der Waals surface area contributed by atoms with E-state index in [1.165, 1.54) is 11.1 Å². The van der Waals surface area contributed by atoms with Crippen molar-refractivity contribution in [2.75, 3.05) is 50.1 Å². The fourth-order valence-electron chi connectivity index (χ4n) is 2.89. The minimum atomic E-state index is 0.895. The van der Waals surface area contributed by atoms with Crippen LogP contribution in [0, 0.1) is 6.92 Å². The molecule has 1 aliphatic heterocycles. The van der Waals surface area contributed by atoms with Crippen molar-refractivity contribution in [2.45, 2.75) is 13.5 Å². The zero-order valence-electron chi connectivity index (χ0n) is 14.2. The molecule has 1 aliphatic rings. The maximum absolute atomic E-state index is 4.36. The predicted molar refractivity (Wildman–Crippen MR) is 95.0 cm³/mol. The van der Waals surface area contributed by atoms with Crippen molar-refractivity contribution >= 4 is 11.6 Å². The van der Waals surface area contributed by atoms with E-state index in [2.05, 4.69) is 57.3 Å². The van der Waals surface area contributed by atoms with Crippen molar-refractivity contribution in [3.63, 3.8) is 0 Å². The number of aryl methyl sites for hydroxylation is 1. The van der Waals surface area contributed by atoms with Crippen LogP contribution in [0.25, 0.3) is 0 Å². The van der Waals surface area contributed by atoms with Gasteiger partial charge in [0.1, 0.15) is 0 Å². The molecule has 0 unspecified atom stereocenters. The first-order valence-corrected chi connectivity index (χ1v) is 8.16. The minimum absolute atomic E-state index is 0.895. The van der Waals surface area contributed by atoms with Crippen molar-refractivity contribution in [1.29, 1.82) is 0 Å². The van der Waals surface area contributed by atoms with Gasteiger partial charge in [-0.15, -0.1) is 10.2 Å². The third kappa shape index (κ3) is 3.79. The fraction of sp³-hybridized carbons (Fsp3) is 0.444. The normalized spacial score (nSPS) is 15.7. The lowest BCUT2D eigenvalue weighted by molar-refractivity contribution is 0.248. The van der Waals surface area contributed by atoms with Gasteiger partial charge in [-0.25, -0.2) is 0 Å². The van der Waals surface area contributed by atoms with Gasteiger partial charge in [0.25, 0.3) is 0 Å². The molecule has 5 heteroatoms. The number of anilines is 2. The molecule has 0 radical (unpaired) electrons. The molecule has 0 N–H and O–H groups in total. The zero-order chi connectivity index (χ0) is 16.2. The highest BCUT2D eigenvalue weighted by molar-refractivity contribution is 5.44. The first kappa shape index (κ1) is 15.7. The summed E-state index contributed by atoms with van der Waals surface area (Å²) in [6.45, 7) is 7.35.